The molecule has 0 radical (unpaired) electrons. The Bertz CT molecular complexity index is 837. The van der Waals surface area contributed by atoms with Gasteiger partial charge in [-0.05, 0) is 36.8 Å². The Kier molecular flexibility index (Phi) is 5.32. The lowest BCUT2D eigenvalue weighted by Crippen LogP contribution is -2.49. The van der Waals surface area contributed by atoms with Gasteiger partial charge in [-0.2, -0.15) is 0 Å². The Morgan fingerprint density at radius 2 is 1.77 bits per heavy atom. The molecular weight excluding hydrogens is 362 g/mol. The third-order valence-corrected chi connectivity index (χ3v) is 4.94. The number of amides is 1. The van der Waals surface area contributed by atoms with Gasteiger partial charge in [0.2, 0.25) is 0 Å². The van der Waals surface area contributed by atoms with E-state index in [1.165, 1.54) is 6.07 Å². The summed E-state index contributed by atoms with van der Waals surface area (Å²) in [6.45, 7) is 4.08. The van der Waals surface area contributed by atoms with Crippen LogP contribution in [0.4, 0.5) is 14.5 Å². The van der Waals surface area contributed by atoms with Crippen LogP contribution in [0.2, 0.25) is 5.02 Å². The SMILES string of the molecule is COc1cc(Cl)c(C)cc1N1CCN(C(=O)c2ccc(F)c(F)c2)CC1. The highest BCUT2D eigenvalue weighted by atomic mass is 35.5. The highest BCUT2D eigenvalue weighted by Crippen LogP contribution is 2.34. The molecule has 1 saturated heterocycles. The normalized spacial score (nSPS) is 14.5. The summed E-state index contributed by atoms with van der Waals surface area (Å²) in [6, 6.07) is 6.97. The molecule has 1 amide bonds. The molecule has 1 heterocycles. The van der Waals surface area contributed by atoms with Gasteiger partial charge in [0.05, 0.1) is 12.8 Å². The summed E-state index contributed by atoms with van der Waals surface area (Å²) in [5, 5.41) is 0.637. The van der Waals surface area contributed by atoms with Gasteiger partial charge in [0.25, 0.3) is 5.91 Å². The van der Waals surface area contributed by atoms with Crippen molar-refractivity contribution < 1.29 is 18.3 Å². The first-order valence-electron chi connectivity index (χ1n) is 8.24. The molecule has 1 aliphatic rings. The van der Waals surface area contributed by atoms with Crippen molar-refractivity contribution in [3.05, 3.63) is 58.1 Å². The average Bonchev–Trinajstić information content (AvgIpc) is 2.65. The van der Waals surface area contributed by atoms with E-state index in [0.717, 1.165) is 23.4 Å². The summed E-state index contributed by atoms with van der Waals surface area (Å²) in [4.78, 5) is 16.3. The van der Waals surface area contributed by atoms with Crippen molar-refractivity contribution in [3.63, 3.8) is 0 Å². The molecule has 26 heavy (non-hydrogen) atoms. The van der Waals surface area contributed by atoms with E-state index in [1.54, 1.807) is 18.1 Å². The monoisotopic (exact) mass is 380 g/mol. The summed E-state index contributed by atoms with van der Waals surface area (Å²) in [6.07, 6.45) is 0. The standard InChI is InChI=1S/C19H19ClF2N2O2/c1-12-9-17(18(26-2)11-14(12)20)23-5-7-24(8-6-23)19(25)13-3-4-15(21)16(22)10-13/h3-4,9-11H,5-8H2,1-2H3. The molecule has 3 rings (SSSR count). The second-order valence-electron chi connectivity index (χ2n) is 6.18. The largest absolute Gasteiger partial charge is 0.495 e. The zero-order valence-corrected chi connectivity index (χ0v) is 15.3. The van der Waals surface area contributed by atoms with Gasteiger partial charge in [-0.3, -0.25) is 4.79 Å². The molecule has 1 aliphatic heterocycles. The van der Waals surface area contributed by atoms with Crippen LogP contribution in [0.5, 0.6) is 5.75 Å². The predicted molar refractivity (Wildman–Crippen MR) is 97.2 cm³/mol. The van der Waals surface area contributed by atoms with Crippen LogP contribution in [-0.4, -0.2) is 44.1 Å². The number of ether oxygens (including phenoxy) is 1. The summed E-state index contributed by atoms with van der Waals surface area (Å²) in [5.74, 6) is -1.60. The van der Waals surface area contributed by atoms with E-state index in [0.29, 0.717) is 37.0 Å². The molecule has 0 bridgehead atoms. The van der Waals surface area contributed by atoms with E-state index >= 15 is 0 Å². The third-order valence-electron chi connectivity index (χ3n) is 4.53. The molecule has 138 valence electrons. The number of methoxy groups -OCH3 is 1. The van der Waals surface area contributed by atoms with Gasteiger partial charge >= 0.3 is 0 Å². The van der Waals surface area contributed by atoms with Crippen molar-refractivity contribution in [2.45, 2.75) is 6.92 Å². The fraction of sp³-hybridized carbons (Fsp3) is 0.316. The number of benzene rings is 2. The highest BCUT2D eigenvalue weighted by molar-refractivity contribution is 6.31. The lowest BCUT2D eigenvalue weighted by atomic mass is 10.1. The minimum Gasteiger partial charge on any atom is -0.495 e. The fourth-order valence-electron chi connectivity index (χ4n) is 3.02. The van der Waals surface area contributed by atoms with Crippen molar-refractivity contribution in [2.24, 2.45) is 0 Å². The molecule has 0 atom stereocenters. The zero-order chi connectivity index (χ0) is 18.8. The van der Waals surface area contributed by atoms with Gasteiger partial charge in [0, 0.05) is 42.8 Å². The van der Waals surface area contributed by atoms with Crippen LogP contribution in [-0.2, 0) is 0 Å². The van der Waals surface area contributed by atoms with E-state index < -0.39 is 11.6 Å². The molecular formula is C19H19ClF2N2O2. The molecule has 0 spiro atoms. The maximum atomic E-state index is 13.4. The third kappa shape index (κ3) is 3.60. The molecule has 0 aliphatic carbocycles. The molecule has 4 nitrogen and oxygen atoms in total. The van der Waals surface area contributed by atoms with E-state index in [9.17, 15) is 13.6 Å². The highest BCUT2D eigenvalue weighted by Gasteiger charge is 2.25. The van der Waals surface area contributed by atoms with Crippen molar-refractivity contribution in [1.29, 1.82) is 0 Å². The number of carbonyl (C=O) groups excluding carboxylic acids is 1. The smallest absolute Gasteiger partial charge is 0.254 e. The minimum absolute atomic E-state index is 0.150. The lowest BCUT2D eigenvalue weighted by Gasteiger charge is -2.37. The molecule has 1 fully saturated rings. The first-order chi connectivity index (χ1) is 12.4. The van der Waals surface area contributed by atoms with Crippen molar-refractivity contribution in [2.75, 3.05) is 38.2 Å². The summed E-state index contributed by atoms with van der Waals surface area (Å²) < 4.78 is 31.8. The Balaban J connectivity index is 1.72. The Morgan fingerprint density at radius 3 is 2.38 bits per heavy atom. The maximum Gasteiger partial charge on any atom is 0.254 e. The van der Waals surface area contributed by atoms with Crippen LogP contribution in [0, 0.1) is 18.6 Å². The summed E-state index contributed by atoms with van der Waals surface area (Å²) in [7, 11) is 1.59. The van der Waals surface area contributed by atoms with Gasteiger partial charge in [0.1, 0.15) is 5.75 Å². The number of piperazine rings is 1. The number of anilines is 1. The van der Waals surface area contributed by atoms with Crippen molar-refractivity contribution in [1.82, 2.24) is 4.90 Å². The summed E-state index contributed by atoms with van der Waals surface area (Å²) in [5.41, 5.74) is 2.02. The van der Waals surface area contributed by atoms with Crippen molar-refractivity contribution >= 4 is 23.2 Å². The predicted octanol–water partition coefficient (Wildman–Crippen LogP) is 3.90. The second kappa shape index (κ2) is 7.50. The van der Waals surface area contributed by atoms with Crippen LogP contribution in [0.1, 0.15) is 15.9 Å². The number of nitrogens with zero attached hydrogens (tertiary/aromatic N) is 2. The molecule has 0 N–H and O–H groups in total. The van der Waals surface area contributed by atoms with Gasteiger partial charge in [-0.15, -0.1) is 0 Å². The van der Waals surface area contributed by atoms with Crippen LogP contribution >= 0.6 is 11.6 Å². The number of hydrogen-bond acceptors (Lipinski definition) is 3. The lowest BCUT2D eigenvalue weighted by molar-refractivity contribution is 0.0746. The number of hydrogen-bond donors (Lipinski definition) is 0. The molecule has 2 aromatic carbocycles. The van der Waals surface area contributed by atoms with E-state index in [4.69, 9.17) is 16.3 Å². The van der Waals surface area contributed by atoms with Crippen LogP contribution in [0.25, 0.3) is 0 Å². The number of halogens is 3. The molecule has 0 unspecified atom stereocenters. The van der Waals surface area contributed by atoms with Crippen LogP contribution in [0.15, 0.2) is 30.3 Å². The molecule has 0 aromatic heterocycles. The number of carbonyl (C=O) groups is 1. The van der Waals surface area contributed by atoms with E-state index in [2.05, 4.69) is 4.90 Å². The Hall–Kier alpha value is -2.34. The van der Waals surface area contributed by atoms with Gasteiger partial charge < -0.3 is 14.5 Å². The second-order valence-corrected chi connectivity index (χ2v) is 6.59. The van der Waals surface area contributed by atoms with Crippen LogP contribution < -0.4 is 9.64 Å². The quantitative estimate of drug-likeness (QED) is 0.809. The van der Waals surface area contributed by atoms with Gasteiger partial charge in [-0.25, -0.2) is 8.78 Å². The average molecular weight is 381 g/mol. The summed E-state index contributed by atoms with van der Waals surface area (Å²) >= 11 is 6.15. The minimum atomic E-state index is -1.02. The maximum absolute atomic E-state index is 13.4. The van der Waals surface area contributed by atoms with E-state index in [-0.39, 0.29) is 11.5 Å². The van der Waals surface area contributed by atoms with Crippen molar-refractivity contribution in [3.8, 4) is 5.75 Å². The Labute approximate surface area is 155 Å². The molecule has 7 heteroatoms. The molecule has 2 aromatic rings. The van der Waals surface area contributed by atoms with E-state index in [1.807, 2.05) is 13.0 Å². The zero-order valence-electron chi connectivity index (χ0n) is 14.6. The Morgan fingerprint density at radius 1 is 1.08 bits per heavy atom. The topological polar surface area (TPSA) is 32.8 Å². The van der Waals surface area contributed by atoms with Crippen LogP contribution in [0.3, 0.4) is 0 Å². The van der Waals surface area contributed by atoms with Gasteiger partial charge in [-0.1, -0.05) is 11.6 Å². The number of rotatable bonds is 3. The first-order valence-corrected chi connectivity index (χ1v) is 8.62. The fourth-order valence-corrected chi connectivity index (χ4v) is 3.17. The number of aryl methyl sites for hydroxylation is 1. The first kappa shape index (κ1) is 18.5. The van der Waals surface area contributed by atoms with Gasteiger partial charge in [0.15, 0.2) is 11.6 Å². The molecule has 0 saturated carbocycles.